The van der Waals surface area contributed by atoms with E-state index in [0.717, 1.165) is 0 Å². The van der Waals surface area contributed by atoms with Gasteiger partial charge in [0.2, 0.25) is 5.95 Å². The molecule has 0 saturated heterocycles. The van der Waals surface area contributed by atoms with Crippen molar-refractivity contribution in [1.82, 2.24) is 4.98 Å². The number of rotatable bonds is 2. The highest BCUT2D eigenvalue weighted by Gasteiger charge is 2.15. The molecule has 1 heterocycles. The molecule has 0 aliphatic rings. The smallest absolute Gasteiger partial charge is 0.260 e. The standard InChI is InChI=1S/C12H6Br2ClFN2O/c13-8-4-6(15)5-9(14)10(8)18-12(19)7-2-1-3-17-11(7)16/h1-5H,(H,18,19). The minimum absolute atomic E-state index is 0.128. The summed E-state index contributed by atoms with van der Waals surface area (Å²) in [4.78, 5) is 15.4. The van der Waals surface area contributed by atoms with Crippen LogP contribution >= 0.6 is 43.5 Å². The average Bonchev–Trinajstić information content (AvgIpc) is 2.34. The fourth-order valence-electron chi connectivity index (χ4n) is 1.40. The lowest BCUT2D eigenvalue weighted by Gasteiger charge is -2.10. The summed E-state index contributed by atoms with van der Waals surface area (Å²) >= 11 is 12.4. The Morgan fingerprint density at radius 2 is 1.95 bits per heavy atom. The number of amides is 1. The molecule has 0 bridgehead atoms. The largest absolute Gasteiger partial charge is 0.320 e. The summed E-state index contributed by atoms with van der Waals surface area (Å²) in [5.41, 5.74) is 0.342. The molecule has 3 nitrogen and oxygen atoms in total. The quantitative estimate of drug-likeness (QED) is 0.735. The molecule has 19 heavy (non-hydrogen) atoms. The van der Waals surface area contributed by atoms with E-state index >= 15 is 0 Å². The highest BCUT2D eigenvalue weighted by molar-refractivity contribution is 9.11. The molecule has 0 fully saturated rings. The summed E-state index contributed by atoms with van der Waals surface area (Å²) in [6, 6.07) is 6.10. The van der Waals surface area contributed by atoms with Crippen molar-refractivity contribution in [1.29, 1.82) is 0 Å². The predicted octanol–water partition coefficient (Wildman–Crippen LogP) is 4.65. The van der Waals surface area contributed by atoms with Gasteiger partial charge in [0.05, 0.1) is 11.3 Å². The first-order valence-electron chi connectivity index (χ1n) is 5.05. The molecule has 1 aromatic carbocycles. The number of nitrogens with one attached hydrogen (secondary N) is 1. The fraction of sp³-hybridized carbons (Fsp3) is 0. The maximum absolute atomic E-state index is 13.4. The van der Waals surface area contributed by atoms with Crippen LogP contribution in [0.15, 0.2) is 39.4 Å². The van der Waals surface area contributed by atoms with Gasteiger partial charge in [0.25, 0.3) is 5.91 Å². The van der Waals surface area contributed by atoms with E-state index in [4.69, 9.17) is 11.6 Å². The van der Waals surface area contributed by atoms with Crippen molar-refractivity contribution >= 4 is 55.1 Å². The Morgan fingerprint density at radius 3 is 2.53 bits per heavy atom. The third kappa shape index (κ3) is 3.32. The lowest BCUT2D eigenvalue weighted by Crippen LogP contribution is -2.15. The van der Waals surface area contributed by atoms with E-state index in [1.807, 2.05) is 0 Å². The van der Waals surface area contributed by atoms with Gasteiger partial charge in [-0.3, -0.25) is 4.79 Å². The number of pyridine rings is 1. The van der Waals surface area contributed by atoms with Gasteiger partial charge in [-0.15, -0.1) is 0 Å². The fourth-order valence-corrected chi connectivity index (χ4v) is 3.26. The Kier molecular flexibility index (Phi) is 4.54. The van der Waals surface area contributed by atoms with Crippen molar-refractivity contribution in [3.8, 4) is 0 Å². The molecular formula is C12H6Br2ClFN2O. The van der Waals surface area contributed by atoms with Crippen LogP contribution in [0.1, 0.15) is 10.4 Å². The van der Waals surface area contributed by atoms with Crippen LogP contribution < -0.4 is 5.32 Å². The summed E-state index contributed by atoms with van der Waals surface area (Å²) in [6.07, 6.45) is 1.28. The van der Waals surface area contributed by atoms with Crippen molar-refractivity contribution < 1.29 is 9.18 Å². The number of hydrogen-bond donors (Lipinski definition) is 1. The molecule has 0 unspecified atom stereocenters. The molecular weight excluding hydrogens is 402 g/mol. The second-order valence-corrected chi connectivity index (χ2v) is 5.69. The molecule has 2 aromatic rings. The van der Waals surface area contributed by atoms with Crippen LogP contribution in [0.4, 0.5) is 10.1 Å². The van der Waals surface area contributed by atoms with Crippen LogP contribution in [0, 0.1) is 5.95 Å². The minimum Gasteiger partial charge on any atom is -0.320 e. The van der Waals surface area contributed by atoms with E-state index in [1.54, 1.807) is 12.1 Å². The van der Waals surface area contributed by atoms with Gasteiger partial charge in [0.1, 0.15) is 0 Å². The minimum atomic E-state index is -0.818. The predicted molar refractivity (Wildman–Crippen MR) is 79.0 cm³/mol. The first-order chi connectivity index (χ1) is 8.99. The van der Waals surface area contributed by atoms with Gasteiger partial charge in [0, 0.05) is 20.2 Å². The maximum Gasteiger partial charge on any atom is 0.260 e. The van der Waals surface area contributed by atoms with Gasteiger partial charge in [-0.2, -0.15) is 4.39 Å². The van der Waals surface area contributed by atoms with Crippen molar-refractivity contribution in [2.24, 2.45) is 0 Å². The van der Waals surface area contributed by atoms with Crippen LogP contribution in [0.2, 0.25) is 5.02 Å². The first-order valence-corrected chi connectivity index (χ1v) is 7.02. The summed E-state index contributed by atoms with van der Waals surface area (Å²) < 4.78 is 14.6. The lowest BCUT2D eigenvalue weighted by molar-refractivity contribution is 0.102. The monoisotopic (exact) mass is 406 g/mol. The van der Waals surface area contributed by atoms with Gasteiger partial charge >= 0.3 is 0 Å². The second-order valence-electron chi connectivity index (χ2n) is 3.54. The van der Waals surface area contributed by atoms with Gasteiger partial charge in [-0.05, 0) is 56.1 Å². The number of anilines is 1. The zero-order valence-electron chi connectivity index (χ0n) is 9.25. The SMILES string of the molecule is O=C(Nc1c(Br)cc(Cl)cc1Br)c1cccnc1F. The van der Waals surface area contributed by atoms with E-state index in [9.17, 15) is 9.18 Å². The molecule has 0 aliphatic carbocycles. The Morgan fingerprint density at radius 1 is 1.32 bits per heavy atom. The van der Waals surface area contributed by atoms with Crippen molar-refractivity contribution in [2.45, 2.75) is 0 Å². The number of nitrogens with zero attached hydrogens (tertiary/aromatic N) is 1. The molecule has 1 N–H and O–H groups in total. The zero-order valence-corrected chi connectivity index (χ0v) is 13.2. The number of halogens is 4. The highest BCUT2D eigenvalue weighted by Crippen LogP contribution is 2.34. The van der Waals surface area contributed by atoms with E-state index in [-0.39, 0.29) is 5.56 Å². The van der Waals surface area contributed by atoms with Gasteiger partial charge in [-0.1, -0.05) is 11.6 Å². The Balaban J connectivity index is 2.32. The van der Waals surface area contributed by atoms with Gasteiger partial charge in [0.15, 0.2) is 0 Å². The number of aromatic nitrogens is 1. The third-order valence-electron chi connectivity index (χ3n) is 2.25. The van der Waals surface area contributed by atoms with Gasteiger partial charge < -0.3 is 5.32 Å². The zero-order chi connectivity index (χ0) is 14.0. The summed E-state index contributed by atoms with van der Waals surface area (Å²) in [7, 11) is 0. The average molecular weight is 408 g/mol. The summed E-state index contributed by atoms with van der Waals surface area (Å²) in [5, 5.41) is 3.10. The maximum atomic E-state index is 13.4. The van der Waals surface area contributed by atoms with E-state index in [0.29, 0.717) is 19.7 Å². The molecule has 1 aromatic heterocycles. The third-order valence-corrected chi connectivity index (χ3v) is 3.72. The summed E-state index contributed by atoms with van der Waals surface area (Å²) in [5.74, 6) is -1.41. The van der Waals surface area contributed by atoms with E-state index in [2.05, 4.69) is 42.2 Å². The van der Waals surface area contributed by atoms with Crippen molar-refractivity contribution in [3.05, 3.63) is 55.9 Å². The molecule has 0 radical (unpaired) electrons. The Hall–Kier alpha value is -0.980. The molecule has 0 saturated carbocycles. The number of carbonyl (C=O) groups is 1. The number of benzene rings is 1. The molecule has 0 spiro atoms. The number of hydrogen-bond acceptors (Lipinski definition) is 2. The molecule has 0 atom stereocenters. The molecule has 0 aliphatic heterocycles. The second kappa shape index (κ2) is 5.98. The molecule has 1 amide bonds. The van der Waals surface area contributed by atoms with Gasteiger partial charge in [-0.25, -0.2) is 4.98 Å². The van der Waals surface area contributed by atoms with E-state index in [1.165, 1.54) is 18.3 Å². The highest BCUT2D eigenvalue weighted by atomic mass is 79.9. The topological polar surface area (TPSA) is 42.0 Å². The first kappa shape index (κ1) is 14.4. The van der Waals surface area contributed by atoms with Crippen LogP contribution in [0.3, 0.4) is 0 Å². The molecule has 2 rings (SSSR count). The molecule has 98 valence electrons. The van der Waals surface area contributed by atoms with Crippen LogP contribution in [-0.2, 0) is 0 Å². The van der Waals surface area contributed by atoms with Crippen molar-refractivity contribution in [2.75, 3.05) is 5.32 Å². The van der Waals surface area contributed by atoms with Crippen molar-refractivity contribution in [3.63, 3.8) is 0 Å². The van der Waals surface area contributed by atoms with Crippen LogP contribution in [0.25, 0.3) is 0 Å². The molecule has 7 heteroatoms. The lowest BCUT2D eigenvalue weighted by atomic mass is 10.2. The summed E-state index contributed by atoms with van der Waals surface area (Å²) in [6.45, 7) is 0. The normalized spacial score (nSPS) is 10.3. The van der Waals surface area contributed by atoms with Crippen LogP contribution in [0.5, 0.6) is 0 Å². The Bertz CT molecular complexity index is 628. The van der Waals surface area contributed by atoms with E-state index < -0.39 is 11.9 Å². The number of carbonyl (C=O) groups excluding carboxylic acids is 1. The van der Waals surface area contributed by atoms with Crippen LogP contribution in [-0.4, -0.2) is 10.9 Å². The Labute approximate surface area is 130 Å².